The van der Waals surface area contributed by atoms with Crippen LogP contribution in [0.2, 0.25) is 0 Å². The smallest absolute Gasteiger partial charge is 0.00713 e. The maximum atomic E-state index is 2.51. The molecule has 0 nitrogen and oxygen atoms in total. The largest absolute Gasteiger partial charge is 0.0622 e. The SMILES string of the molecule is c1ccc(C2C3CC4CC(C3)CC2(C23CC5CC(CC(C5)C2)C3)C4)cc1. The van der Waals surface area contributed by atoms with Crippen molar-refractivity contribution in [2.45, 2.75) is 76.5 Å². The molecule has 8 aliphatic rings. The summed E-state index contributed by atoms with van der Waals surface area (Å²) in [5, 5.41) is 0. The lowest BCUT2D eigenvalue weighted by atomic mass is 9.32. The van der Waals surface area contributed by atoms with Gasteiger partial charge in [0, 0.05) is 0 Å². The van der Waals surface area contributed by atoms with Gasteiger partial charge in [0.15, 0.2) is 0 Å². The third-order valence-electron chi connectivity index (χ3n) is 10.6. The molecule has 0 amide bonds. The van der Waals surface area contributed by atoms with Crippen LogP contribution in [-0.2, 0) is 0 Å². The first-order valence-corrected chi connectivity index (χ1v) is 11.8. The molecule has 0 aromatic heterocycles. The topological polar surface area (TPSA) is 0 Å². The summed E-state index contributed by atoms with van der Waals surface area (Å²) in [6.45, 7) is 0. The van der Waals surface area contributed by atoms with E-state index in [0.29, 0.717) is 5.41 Å². The van der Waals surface area contributed by atoms with Crippen LogP contribution in [0.25, 0.3) is 0 Å². The van der Waals surface area contributed by atoms with Crippen molar-refractivity contribution in [3.8, 4) is 0 Å². The molecule has 3 unspecified atom stereocenters. The summed E-state index contributed by atoms with van der Waals surface area (Å²) in [6.07, 6.45) is 17.6. The lowest BCUT2D eigenvalue weighted by Crippen LogP contribution is -2.63. The Morgan fingerprint density at radius 2 is 1.08 bits per heavy atom. The van der Waals surface area contributed by atoms with Crippen LogP contribution in [0.3, 0.4) is 0 Å². The molecule has 8 fully saturated rings. The summed E-state index contributed by atoms with van der Waals surface area (Å²) in [5.41, 5.74) is 3.14. The van der Waals surface area contributed by atoms with Gasteiger partial charge in [-0.05, 0) is 128 Å². The molecule has 8 saturated carbocycles. The van der Waals surface area contributed by atoms with Crippen molar-refractivity contribution in [1.29, 1.82) is 0 Å². The highest BCUT2D eigenvalue weighted by Crippen LogP contribution is 2.78. The molecule has 0 heterocycles. The Balaban J connectivity index is 1.40. The number of hydrogen-bond donors (Lipinski definition) is 0. The molecule has 138 valence electrons. The predicted molar refractivity (Wildman–Crippen MR) is 106 cm³/mol. The van der Waals surface area contributed by atoms with Crippen LogP contribution < -0.4 is 0 Å². The van der Waals surface area contributed by atoms with Gasteiger partial charge in [-0.25, -0.2) is 0 Å². The summed E-state index contributed by atoms with van der Waals surface area (Å²) < 4.78 is 0. The lowest BCUT2D eigenvalue weighted by Gasteiger charge is -2.73. The molecule has 26 heavy (non-hydrogen) atoms. The second-order valence-electron chi connectivity index (χ2n) is 11.8. The van der Waals surface area contributed by atoms with Crippen molar-refractivity contribution in [3.63, 3.8) is 0 Å². The van der Waals surface area contributed by atoms with E-state index in [1.807, 2.05) is 0 Å². The van der Waals surface area contributed by atoms with Gasteiger partial charge in [-0.3, -0.25) is 0 Å². The van der Waals surface area contributed by atoms with Crippen molar-refractivity contribution >= 4 is 0 Å². The zero-order valence-electron chi connectivity index (χ0n) is 16.2. The molecular weight excluding hydrogens is 312 g/mol. The van der Waals surface area contributed by atoms with Gasteiger partial charge in [0.1, 0.15) is 0 Å². The molecule has 3 atom stereocenters. The molecule has 0 aliphatic heterocycles. The molecule has 0 radical (unpaired) electrons. The van der Waals surface area contributed by atoms with E-state index in [9.17, 15) is 0 Å². The zero-order valence-corrected chi connectivity index (χ0v) is 16.2. The van der Waals surface area contributed by atoms with Gasteiger partial charge in [-0.2, -0.15) is 0 Å². The Morgan fingerprint density at radius 3 is 1.62 bits per heavy atom. The predicted octanol–water partition coefficient (Wildman–Crippen LogP) is 6.81. The first kappa shape index (κ1) is 15.2. The van der Waals surface area contributed by atoms with Gasteiger partial charge in [-0.15, -0.1) is 0 Å². The molecule has 1 aromatic rings. The van der Waals surface area contributed by atoms with E-state index < -0.39 is 0 Å². The third-order valence-corrected chi connectivity index (χ3v) is 10.6. The molecule has 0 heteroatoms. The van der Waals surface area contributed by atoms with E-state index >= 15 is 0 Å². The maximum absolute atomic E-state index is 2.51. The van der Waals surface area contributed by atoms with Crippen molar-refractivity contribution in [2.75, 3.05) is 0 Å². The van der Waals surface area contributed by atoms with Gasteiger partial charge < -0.3 is 0 Å². The van der Waals surface area contributed by atoms with E-state index in [1.54, 1.807) is 76.2 Å². The Hall–Kier alpha value is -0.780. The quantitative estimate of drug-likeness (QED) is 0.551. The maximum Gasteiger partial charge on any atom is -0.00713 e. The van der Waals surface area contributed by atoms with Crippen LogP contribution in [0.1, 0.15) is 82.1 Å². The van der Waals surface area contributed by atoms with Gasteiger partial charge in [0.05, 0.1) is 0 Å². The molecule has 0 spiro atoms. The minimum Gasteiger partial charge on any atom is -0.0622 e. The van der Waals surface area contributed by atoms with Crippen molar-refractivity contribution in [3.05, 3.63) is 35.9 Å². The first-order chi connectivity index (χ1) is 12.7. The Bertz CT molecular complexity index is 666. The van der Waals surface area contributed by atoms with Crippen LogP contribution in [-0.4, -0.2) is 0 Å². The number of benzene rings is 1. The van der Waals surface area contributed by atoms with E-state index in [-0.39, 0.29) is 0 Å². The minimum atomic E-state index is 0.680. The molecular formula is C26H34. The molecule has 0 saturated heterocycles. The molecule has 0 N–H and O–H groups in total. The van der Waals surface area contributed by atoms with Crippen molar-refractivity contribution < 1.29 is 0 Å². The second-order valence-corrected chi connectivity index (χ2v) is 11.8. The number of hydrogen-bond acceptors (Lipinski definition) is 0. The Labute approximate surface area is 159 Å². The van der Waals surface area contributed by atoms with Gasteiger partial charge in [-0.1, -0.05) is 30.3 Å². The normalized spacial score (nSPS) is 56.2. The van der Waals surface area contributed by atoms with E-state index in [1.165, 1.54) is 0 Å². The van der Waals surface area contributed by atoms with Crippen LogP contribution in [0.5, 0.6) is 0 Å². The monoisotopic (exact) mass is 346 g/mol. The highest BCUT2D eigenvalue weighted by Gasteiger charge is 2.68. The molecule has 8 aliphatic carbocycles. The minimum absolute atomic E-state index is 0.680. The van der Waals surface area contributed by atoms with Gasteiger partial charge in [0.2, 0.25) is 0 Å². The standard InChI is InChI=1S/C26H34/c1-2-4-22(5-3-1)24-23-10-20-9-21(11-23)16-26(24,15-20)25-12-17-6-18(13-25)8-19(7-17)14-25/h1-5,17-21,23-24H,6-16H2. The highest BCUT2D eigenvalue weighted by atomic mass is 14.7. The molecule has 9 rings (SSSR count). The van der Waals surface area contributed by atoms with Crippen LogP contribution >= 0.6 is 0 Å². The van der Waals surface area contributed by atoms with E-state index in [4.69, 9.17) is 0 Å². The summed E-state index contributed by atoms with van der Waals surface area (Å²) >= 11 is 0. The van der Waals surface area contributed by atoms with E-state index in [0.717, 1.165) is 46.8 Å². The van der Waals surface area contributed by atoms with Crippen LogP contribution in [0, 0.1) is 46.3 Å². The van der Waals surface area contributed by atoms with Crippen molar-refractivity contribution in [1.82, 2.24) is 0 Å². The fraction of sp³-hybridized carbons (Fsp3) is 0.769. The summed E-state index contributed by atoms with van der Waals surface area (Å²) in [4.78, 5) is 0. The van der Waals surface area contributed by atoms with Gasteiger partial charge in [0.25, 0.3) is 0 Å². The first-order valence-electron chi connectivity index (χ1n) is 11.8. The zero-order chi connectivity index (χ0) is 16.9. The second kappa shape index (κ2) is 4.98. The van der Waals surface area contributed by atoms with E-state index in [2.05, 4.69) is 30.3 Å². The average molecular weight is 347 g/mol. The highest BCUT2D eigenvalue weighted by molar-refractivity contribution is 5.30. The fourth-order valence-corrected chi connectivity index (χ4v) is 10.8. The van der Waals surface area contributed by atoms with Crippen LogP contribution in [0.15, 0.2) is 30.3 Å². The average Bonchev–Trinajstić information content (AvgIpc) is 2.60. The lowest BCUT2D eigenvalue weighted by molar-refractivity contribution is -0.211. The van der Waals surface area contributed by atoms with Gasteiger partial charge >= 0.3 is 0 Å². The summed E-state index contributed by atoms with van der Waals surface area (Å²) in [6, 6.07) is 11.9. The summed E-state index contributed by atoms with van der Waals surface area (Å²) in [5.74, 6) is 7.38. The molecule has 8 bridgehead atoms. The van der Waals surface area contributed by atoms with Crippen LogP contribution in [0.4, 0.5) is 0 Å². The Morgan fingerprint density at radius 1 is 0.577 bits per heavy atom. The van der Waals surface area contributed by atoms with Crippen molar-refractivity contribution in [2.24, 2.45) is 46.3 Å². The Kier molecular flexibility index (Phi) is 2.91. The number of rotatable bonds is 2. The fourth-order valence-electron chi connectivity index (χ4n) is 10.8. The molecule has 1 aromatic carbocycles. The summed E-state index contributed by atoms with van der Waals surface area (Å²) in [7, 11) is 0. The third kappa shape index (κ3) is 1.83.